The highest BCUT2D eigenvalue weighted by atomic mass is 127. The van der Waals surface area contributed by atoms with Gasteiger partial charge in [0.25, 0.3) is 3.90 Å². The van der Waals surface area contributed by atoms with Gasteiger partial charge in [-0.2, -0.15) is 0 Å². The van der Waals surface area contributed by atoms with Gasteiger partial charge in [0.1, 0.15) is 12.0 Å². The van der Waals surface area contributed by atoms with E-state index in [1.807, 2.05) is 22.6 Å². The van der Waals surface area contributed by atoms with Crippen LogP contribution in [0.15, 0.2) is 10.7 Å². The Kier molecular flexibility index (Phi) is 1.85. The third-order valence-electron chi connectivity index (χ3n) is 0.686. The Morgan fingerprint density at radius 1 is 1.88 bits per heavy atom. The van der Waals surface area contributed by atoms with Crippen molar-refractivity contribution >= 4 is 22.6 Å². The largest absolute Gasteiger partial charge is 0.440 e. The smallest absolute Gasteiger partial charge is 0.257 e. The summed E-state index contributed by atoms with van der Waals surface area (Å²) in [6.07, 6.45) is 1.43. The van der Waals surface area contributed by atoms with E-state index in [-0.39, 0.29) is 6.61 Å². The lowest BCUT2D eigenvalue weighted by molar-refractivity contribution is 0.276. The molecule has 0 aliphatic carbocycles. The molecule has 0 bridgehead atoms. The average Bonchev–Trinajstić information content (AvgIpc) is 2.14. The Labute approximate surface area is 59.9 Å². The van der Waals surface area contributed by atoms with E-state index in [0.717, 1.165) is 0 Å². The van der Waals surface area contributed by atoms with Gasteiger partial charge in [-0.3, -0.25) is 0 Å². The van der Waals surface area contributed by atoms with Crippen molar-refractivity contribution in [3.05, 3.63) is 15.9 Å². The second kappa shape index (κ2) is 2.45. The number of aromatic nitrogens is 1. The molecule has 3 nitrogen and oxygen atoms in total. The maximum atomic E-state index is 8.43. The van der Waals surface area contributed by atoms with Crippen molar-refractivity contribution in [1.29, 1.82) is 0 Å². The van der Waals surface area contributed by atoms with Gasteiger partial charge in [0.05, 0.1) is 6.61 Å². The van der Waals surface area contributed by atoms with Crippen LogP contribution in [0.5, 0.6) is 0 Å². The van der Waals surface area contributed by atoms with Gasteiger partial charge in [0.15, 0.2) is 0 Å². The summed E-state index contributed by atoms with van der Waals surface area (Å²) in [5, 5.41) is 8.43. The Morgan fingerprint density at radius 2 is 2.62 bits per heavy atom. The molecule has 1 rings (SSSR count). The first-order chi connectivity index (χ1) is 3.83. The second-order valence-corrected chi connectivity index (χ2v) is 2.17. The molecule has 1 aromatic rings. The molecule has 0 spiro atoms. The molecule has 0 fully saturated rings. The number of halogens is 1. The van der Waals surface area contributed by atoms with E-state index in [9.17, 15) is 0 Å². The van der Waals surface area contributed by atoms with Crippen LogP contribution < -0.4 is 0 Å². The number of oxazole rings is 1. The summed E-state index contributed by atoms with van der Waals surface area (Å²) in [6.45, 7) is -0.0491. The van der Waals surface area contributed by atoms with Crippen LogP contribution in [-0.2, 0) is 6.61 Å². The molecular formula is C4H4INO2. The van der Waals surface area contributed by atoms with Crippen molar-refractivity contribution in [3.63, 3.8) is 0 Å². The van der Waals surface area contributed by atoms with E-state index < -0.39 is 0 Å². The number of rotatable bonds is 1. The van der Waals surface area contributed by atoms with Crippen molar-refractivity contribution in [2.24, 2.45) is 0 Å². The quantitative estimate of drug-likeness (QED) is 0.718. The molecule has 8 heavy (non-hydrogen) atoms. The molecule has 1 N–H and O–H groups in total. The SMILES string of the molecule is OCc1coc(I)n1. The number of aliphatic hydroxyl groups is 1. The maximum Gasteiger partial charge on any atom is 0.257 e. The van der Waals surface area contributed by atoms with E-state index in [2.05, 4.69) is 4.98 Å². The van der Waals surface area contributed by atoms with Crippen molar-refractivity contribution in [2.75, 3.05) is 0 Å². The molecule has 0 unspecified atom stereocenters. The summed E-state index contributed by atoms with van der Waals surface area (Å²) in [7, 11) is 0. The monoisotopic (exact) mass is 225 g/mol. The summed E-state index contributed by atoms with van der Waals surface area (Å²) in [5.74, 6) is 0. The van der Waals surface area contributed by atoms with Gasteiger partial charge in [0, 0.05) is 22.6 Å². The molecule has 0 amide bonds. The first-order valence-electron chi connectivity index (χ1n) is 2.03. The number of hydrogen-bond acceptors (Lipinski definition) is 3. The Hall–Kier alpha value is -0.100. The van der Waals surface area contributed by atoms with E-state index in [1.165, 1.54) is 6.26 Å². The number of aliphatic hydroxyl groups excluding tert-OH is 1. The van der Waals surface area contributed by atoms with Crippen LogP contribution in [0.25, 0.3) is 0 Å². The zero-order valence-corrected chi connectivity index (χ0v) is 6.12. The van der Waals surface area contributed by atoms with Gasteiger partial charge in [-0.05, 0) is 0 Å². The van der Waals surface area contributed by atoms with Gasteiger partial charge >= 0.3 is 0 Å². The van der Waals surface area contributed by atoms with Crippen LogP contribution in [-0.4, -0.2) is 10.1 Å². The predicted molar refractivity (Wildman–Crippen MR) is 35.1 cm³/mol. The Bertz CT molecular complexity index is 174. The second-order valence-electron chi connectivity index (χ2n) is 1.25. The zero-order chi connectivity index (χ0) is 5.98. The van der Waals surface area contributed by atoms with E-state index in [0.29, 0.717) is 9.59 Å². The molecule has 4 heteroatoms. The molecule has 0 atom stereocenters. The summed E-state index contributed by atoms with van der Waals surface area (Å²) in [6, 6.07) is 0. The zero-order valence-electron chi connectivity index (χ0n) is 3.97. The molecule has 0 aromatic carbocycles. The first kappa shape index (κ1) is 6.03. The molecule has 0 saturated heterocycles. The van der Waals surface area contributed by atoms with Crippen molar-refractivity contribution in [3.8, 4) is 0 Å². The van der Waals surface area contributed by atoms with Gasteiger partial charge in [-0.1, -0.05) is 0 Å². The van der Waals surface area contributed by atoms with E-state index >= 15 is 0 Å². The minimum Gasteiger partial charge on any atom is -0.440 e. The minimum absolute atomic E-state index is 0.0491. The number of nitrogens with zero attached hydrogens (tertiary/aromatic N) is 1. The maximum absolute atomic E-state index is 8.43. The highest BCUT2D eigenvalue weighted by Gasteiger charge is 1.95. The van der Waals surface area contributed by atoms with Crippen LogP contribution in [0.2, 0.25) is 0 Å². The van der Waals surface area contributed by atoms with Crippen molar-refractivity contribution < 1.29 is 9.52 Å². The normalized spacial score (nSPS) is 9.75. The lowest BCUT2D eigenvalue weighted by atomic mass is 10.5. The Morgan fingerprint density at radius 3 is 2.88 bits per heavy atom. The third kappa shape index (κ3) is 1.19. The fourth-order valence-corrected chi connectivity index (χ4v) is 0.792. The Balaban J connectivity index is 2.84. The van der Waals surface area contributed by atoms with E-state index in [1.54, 1.807) is 0 Å². The highest BCUT2D eigenvalue weighted by molar-refractivity contribution is 14.1. The number of hydrogen-bond donors (Lipinski definition) is 1. The molecule has 44 valence electrons. The average molecular weight is 225 g/mol. The molecule has 0 aliphatic rings. The molecule has 0 saturated carbocycles. The molecule has 0 aliphatic heterocycles. The van der Waals surface area contributed by atoms with Gasteiger partial charge in [0.2, 0.25) is 0 Å². The predicted octanol–water partition coefficient (Wildman–Crippen LogP) is 0.772. The van der Waals surface area contributed by atoms with Crippen molar-refractivity contribution in [1.82, 2.24) is 4.98 Å². The van der Waals surface area contributed by atoms with Crippen LogP contribution in [0, 0.1) is 3.90 Å². The fourth-order valence-electron chi connectivity index (χ4n) is 0.355. The summed E-state index contributed by atoms with van der Waals surface area (Å²) >= 11 is 1.94. The molecule has 1 heterocycles. The van der Waals surface area contributed by atoms with Crippen LogP contribution in [0.1, 0.15) is 5.69 Å². The van der Waals surface area contributed by atoms with Crippen LogP contribution in [0.4, 0.5) is 0 Å². The first-order valence-corrected chi connectivity index (χ1v) is 3.11. The molecule has 1 aromatic heterocycles. The summed E-state index contributed by atoms with van der Waals surface area (Å²) in [5.41, 5.74) is 0.578. The third-order valence-corrected chi connectivity index (χ3v) is 1.18. The summed E-state index contributed by atoms with van der Waals surface area (Å²) < 4.78 is 5.33. The van der Waals surface area contributed by atoms with Gasteiger partial charge in [-0.15, -0.1) is 0 Å². The molecular weight excluding hydrogens is 221 g/mol. The highest BCUT2D eigenvalue weighted by Crippen LogP contribution is 2.03. The van der Waals surface area contributed by atoms with Crippen molar-refractivity contribution in [2.45, 2.75) is 6.61 Å². The van der Waals surface area contributed by atoms with Gasteiger partial charge in [-0.25, -0.2) is 4.98 Å². The lowest BCUT2D eigenvalue weighted by Gasteiger charge is -1.76. The standard InChI is InChI=1S/C4H4INO2/c5-4-6-3(1-7)2-8-4/h2,7H,1H2. The van der Waals surface area contributed by atoms with Crippen LogP contribution >= 0.6 is 22.6 Å². The fraction of sp³-hybridized carbons (Fsp3) is 0.250. The minimum atomic E-state index is -0.0491. The van der Waals surface area contributed by atoms with E-state index in [4.69, 9.17) is 9.52 Å². The molecule has 0 radical (unpaired) electrons. The topological polar surface area (TPSA) is 46.3 Å². The lowest BCUT2D eigenvalue weighted by Crippen LogP contribution is -1.80. The summed E-state index contributed by atoms with van der Waals surface area (Å²) in [4.78, 5) is 3.80. The van der Waals surface area contributed by atoms with Gasteiger partial charge < -0.3 is 9.52 Å². The van der Waals surface area contributed by atoms with Crippen LogP contribution in [0.3, 0.4) is 0 Å².